The Morgan fingerprint density at radius 2 is 1.86 bits per heavy atom. The Hall–Kier alpha value is -3.45. The molecule has 2 aromatic heterocycles. The smallest absolute Gasteiger partial charge is 0.272 e. The molecule has 3 heterocycles. The van der Waals surface area contributed by atoms with Crippen molar-refractivity contribution in [2.24, 2.45) is 0 Å². The van der Waals surface area contributed by atoms with Gasteiger partial charge in [0, 0.05) is 29.9 Å². The van der Waals surface area contributed by atoms with E-state index in [1.54, 1.807) is 23.0 Å². The Bertz CT molecular complexity index is 1480. The van der Waals surface area contributed by atoms with Crippen molar-refractivity contribution in [2.75, 3.05) is 13.6 Å². The molecule has 2 aromatic carbocycles. The van der Waals surface area contributed by atoms with Crippen molar-refractivity contribution in [1.29, 1.82) is 0 Å². The summed E-state index contributed by atoms with van der Waals surface area (Å²) < 4.78 is 1.78. The second-order valence-corrected chi connectivity index (χ2v) is 10.2. The summed E-state index contributed by atoms with van der Waals surface area (Å²) in [6, 6.07) is 19.0. The van der Waals surface area contributed by atoms with Gasteiger partial charge in [0.1, 0.15) is 0 Å². The predicted octanol–water partition coefficient (Wildman–Crippen LogP) is 6.36. The maximum Gasteiger partial charge on any atom is 0.272 e. The number of rotatable bonds is 5. The number of nitrogens with one attached hydrogen (secondary N) is 1. The molecule has 0 saturated carbocycles. The number of carbonyl (C=O) groups excluding carboxylic acids is 1. The summed E-state index contributed by atoms with van der Waals surface area (Å²) in [5.41, 5.74) is 6.85. The van der Waals surface area contributed by atoms with Crippen LogP contribution in [0.5, 0.6) is 0 Å². The number of hydrogen-bond donors (Lipinski definition) is 1. The van der Waals surface area contributed by atoms with Gasteiger partial charge in [-0.15, -0.1) is 0 Å². The fourth-order valence-corrected chi connectivity index (χ4v) is 5.07. The van der Waals surface area contributed by atoms with Crippen molar-refractivity contribution in [3.05, 3.63) is 111 Å². The standard InChI is InChI=1S/C29H27Cl2N5O/c1-18-7-9-20(10-8-18)14-21-16-35(3)17-23-27(29(37)33-19(2)25-6-4-5-13-32-25)34-36(28(21)23)26-12-11-22(30)15-24(26)31/h4-15,19H,16-17H2,1-3H3,(H,33,37)/b21-14+. The molecule has 37 heavy (non-hydrogen) atoms. The lowest BCUT2D eigenvalue weighted by molar-refractivity contribution is 0.0932. The highest BCUT2D eigenvalue weighted by atomic mass is 35.5. The molecule has 1 aliphatic heterocycles. The lowest BCUT2D eigenvalue weighted by atomic mass is 9.97. The Labute approximate surface area is 226 Å². The fraction of sp³-hybridized carbons (Fsp3) is 0.207. The van der Waals surface area contributed by atoms with Gasteiger partial charge in [-0.2, -0.15) is 5.10 Å². The Morgan fingerprint density at radius 1 is 1.08 bits per heavy atom. The summed E-state index contributed by atoms with van der Waals surface area (Å²) in [7, 11) is 2.04. The first-order valence-electron chi connectivity index (χ1n) is 12.1. The van der Waals surface area contributed by atoms with Crippen LogP contribution in [0, 0.1) is 6.92 Å². The molecule has 6 nitrogen and oxygen atoms in total. The normalized spacial score (nSPS) is 15.4. The molecule has 5 rings (SSSR count). The van der Waals surface area contributed by atoms with Crippen LogP contribution in [0.2, 0.25) is 10.0 Å². The number of halogens is 2. The summed E-state index contributed by atoms with van der Waals surface area (Å²) in [5, 5.41) is 8.89. The molecule has 1 atom stereocenters. The molecule has 1 aliphatic rings. The van der Waals surface area contributed by atoms with Gasteiger partial charge in [-0.3, -0.25) is 14.7 Å². The minimum absolute atomic E-state index is 0.261. The van der Waals surface area contributed by atoms with Crippen LogP contribution in [0.3, 0.4) is 0 Å². The molecule has 0 saturated heterocycles. The van der Waals surface area contributed by atoms with Gasteiger partial charge in [0.05, 0.1) is 28.1 Å². The van der Waals surface area contributed by atoms with Gasteiger partial charge in [-0.25, -0.2) is 4.68 Å². The molecule has 0 bridgehead atoms. The molecular weight excluding hydrogens is 505 g/mol. The first-order valence-corrected chi connectivity index (χ1v) is 12.8. The maximum atomic E-state index is 13.6. The van der Waals surface area contributed by atoms with Crippen LogP contribution in [0.15, 0.2) is 66.9 Å². The average Bonchev–Trinajstić information content (AvgIpc) is 3.25. The molecule has 0 spiro atoms. The van der Waals surface area contributed by atoms with E-state index in [9.17, 15) is 4.79 Å². The van der Waals surface area contributed by atoms with E-state index in [-0.39, 0.29) is 11.9 Å². The van der Waals surface area contributed by atoms with Crippen LogP contribution < -0.4 is 5.32 Å². The average molecular weight is 532 g/mol. The van der Waals surface area contributed by atoms with Crippen molar-refractivity contribution in [2.45, 2.75) is 26.4 Å². The lowest BCUT2D eigenvalue weighted by Gasteiger charge is -2.26. The van der Waals surface area contributed by atoms with Crippen molar-refractivity contribution in [1.82, 2.24) is 25.0 Å². The van der Waals surface area contributed by atoms with E-state index < -0.39 is 0 Å². The molecule has 188 valence electrons. The molecule has 1 N–H and O–H groups in total. The van der Waals surface area contributed by atoms with Gasteiger partial charge in [0.25, 0.3) is 5.91 Å². The summed E-state index contributed by atoms with van der Waals surface area (Å²) in [6.07, 6.45) is 3.86. The van der Waals surface area contributed by atoms with E-state index in [1.165, 1.54) is 5.56 Å². The first kappa shape index (κ1) is 25.2. The van der Waals surface area contributed by atoms with Gasteiger partial charge < -0.3 is 5.32 Å². The van der Waals surface area contributed by atoms with Crippen LogP contribution in [0.4, 0.5) is 0 Å². The second-order valence-electron chi connectivity index (χ2n) is 9.39. The third-order valence-corrected chi connectivity index (χ3v) is 6.94. The predicted molar refractivity (Wildman–Crippen MR) is 149 cm³/mol. The quantitative estimate of drug-likeness (QED) is 0.325. The molecule has 0 radical (unpaired) electrons. The number of aryl methyl sites for hydroxylation is 1. The Kier molecular flexibility index (Phi) is 7.15. The number of amides is 1. The van der Waals surface area contributed by atoms with Crippen LogP contribution in [-0.2, 0) is 6.54 Å². The van der Waals surface area contributed by atoms with Gasteiger partial charge in [0.15, 0.2) is 5.69 Å². The Balaban J connectivity index is 1.64. The number of hydrogen-bond acceptors (Lipinski definition) is 4. The first-order chi connectivity index (χ1) is 17.8. The summed E-state index contributed by atoms with van der Waals surface area (Å²) >= 11 is 12.8. The molecule has 1 unspecified atom stereocenters. The van der Waals surface area contributed by atoms with E-state index in [0.717, 1.165) is 28.1 Å². The van der Waals surface area contributed by atoms with E-state index in [1.807, 2.05) is 38.2 Å². The van der Waals surface area contributed by atoms with E-state index in [2.05, 4.69) is 52.5 Å². The van der Waals surface area contributed by atoms with Crippen LogP contribution in [0.25, 0.3) is 17.3 Å². The van der Waals surface area contributed by atoms with Crippen LogP contribution in [-0.4, -0.2) is 39.2 Å². The zero-order valence-electron chi connectivity index (χ0n) is 20.9. The zero-order chi connectivity index (χ0) is 26.1. The summed E-state index contributed by atoms with van der Waals surface area (Å²) in [5.74, 6) is -0.261. The van der Waals surface area contributed by atoms with Crippen molar-refractivity contribution in [3.8, 4) is 5.69 Å². The zero-order valence-corrected chi connectivity index (χ0v) is 22.4. The third kappa shape index (κ3) is 5.32. The highest BCUT2D eigenvalue weighted by molar-refractivity contribution is 6.35. The number of likely N-dealkylation sites (N-methyl/N-ethyl adjacent to an activating group) is 1. The van der Waals surface area contributed by atoms with E-state index in [4.69, 9.17) is 28.3 Å². The minimum Gasteiger partial charge on any atom is -0.343 e. The molecule has 0 aliphatic carbocycles. The van der Waals surface area contributed by atoms with Crippen LogP contribution in [0.1, 0.15) is 51.5 Å². The summed E-state index contributed by atoms with van der Waals surface area (Å²) in [6.45, 7) is 5.25. The van der Waals surface area contributed by atoms with Crippen molar-refractivity contribution < 1.29 is 4.79 Å². The van der Waals surface area contributed by atoms with Crippen molar-refractivity contribution in [3.63, 3.8) is 0 Å². The van der Waals surface area contributed by atoms with Crippen LogP contribution >= 0.6 is 23.2 Å². The number of fused-ring (bicyclic) bond motifs is 1. The van der Waals surface area contributed by atoms with Gasteiger partial charge in [0.2, 0.25) is 0 Å². The number of pyridine rings is 1. The number of carbonyl (C=O) groups is 1. The second kappa shape index (κ2) is 10.5. The summed E-state index contributed by atoms with van der Waals surface area (Å²) in [4.78, 5) is 20.1. The lowest BCUT2D eigenvalue weighted by Crippen LogP contribution is -2.31. The fourth-order valence-electron chi connectivity index (χ4n) is 4.58. The number of nitrogens with zero attached hydrogens (tertiary/aromatic N) is 4. The third-order valence-electron chi connectivity index (χ3n) is 6.41. The number of aromatic nitrogens is 3. The molecule has 1 amide bonds. The Morgan fingerprint density at radius 3 is 2.57 bits per heavy atom. The van der Waals surface area contributed by atoms with E-state index in [0.29, 0.717) is 34.5 Å². The maximum absolute atomic E-state index is 13.6. The molecule has 0 fully saturated rings. The number of benzene rings is 2. The van der Waals surface area contributed by atoms with Gasteiger partial charge in [-0.1, -0.05) is 59.1 Å². The monoisotopic (exact) mass is 531 g/mol. The molecular formula is C29H27Cl2N5O. The highest BCUT2D eigenvalue weighted by Gasteiger charge is 2.31. The van der Waals surface area contributed by atoms with Gasteiger partial charge in [-0.05, 0) is 68.4 Å². The molecule has 8 heteroatoms. The van der Waals surface area contributed by atoms with E-state index >= 15 is 0 Å². The van der Waals surface area contributed by atoms with Crippen molar-refractivity contribution >= 4 is 40.8 Å². The highest BCUT2D eigenvalue weighted by Crippen LogP contribution is 2.35. The topological polar surface area (TPSA) is 63.1 Å². The largest absolute Gasteiger partial charge is 0.343 e. The van der Waals surface area contributed by atoms with Gasteiger partial charge >= 0.3 is 0 Å². The molecule has 4 aromatic rings. The minimum atomic E-state index is -0.280. The SMILES string of the molecule is Cc1ccc(/C=C2\CN(C)Cc3c(C(=O)NC(C)c4ccccn4)nn(-c4ccc(Cl)cc4Cl)c32)cc1.